The highest BCUT2D eigenvalue weighted by atomic mass is 16.6. The smallest absolute Gasteiger partial charge is 0.292 e. The van der Waals surface area contributed by atoms with Gasteiger partial charge in [0.05, 0.1) is 16.8 Å². The van der Waals surface area contributed by atoms with Gasteiger partial charge >= 0.3 is 0 Å². The summed E-state index contributed by atoms with van der Waals surface area (Å²) < 4.78 is 1.51. The number of hydrogen-bond acceptors (Lipinski definition) is 6. The summed E-state index contributed by atoms with van der Waals surface area (Å²) in [6.45, 7) is 0.618. The molecule has 0 radical (unpaired) electrons. The second-order valence-electron chi connectivity index (χ2n) is 5.34. The number of para-hydroxylation sites is 3. The third-order valence-corrected chi connectivity index (χ3v) is 3.57. The second-order valence-corrected chi connectivity index (χ2v) is 5.34. The van der Waals surface area contributed by atoms with Gasteiger partial charge in [0.15, 0.2) is 5.69 Å². The Morgan fingerprint density at radius 1 is 1.08 bits per heavy atom. The first kappa shape index (κ1) is 17.1. The lowest BCUT2D eigenvalue weighted by Crippen LogP contribution is -2.29. The van der Waals surface area contributed by atoms with E-state index >= 15 is 0 Å². The summed E-state index contributed by atoms with van der Waals surface area (Å²) in [6.07, 6.45) is 1.54. The van der Waals surface area contributed by atoms with Gasteiger partial charge in [-0.15, -0.1) is 5.10 Å². The topological polar surface area (TPSA) is 115 Å². The summed E-state index contributed by atoms with van der Waals surface area (Å²) in [5.74, 6) is -0.364. The van der Waals surface area contributed by atoms with Crippen LogP contribution in [-0.2, 0) is 0 Å². The van der Waals surface area contributed by atoms with Gasteiger partial charge in [-0.2, -0.15) is 0 Å². The van der Waals surface area contributed by atoms with Crippen LogP contribution in [0, 0.1) is 10.1 Å². The zero-order chi connectivity index (χ0) is 18.4. The molecule has 3 rings (SSSR count). The minimum absolute atomic E-state index is 0.00960. The highest BCUT2D eigenvalue weighted by molar-refractivity contribution is 5.91. The molecule has 1 aromatic heterocycles. The van der Waals surface area contributed by atoms with E-state index in [1.54, 1.807) is 24.4 Å². The number of hydrogen-bond donors (Lipinski definition) is 2. The maximum absolute atomic E-state index is 12.1. The third-order valence-electron chi connectivity index (χ3n) is 3.57. The predicted molar refractivity (Wildman–Crippen MR) is 95.3 cm³/mol. The largest absolute Gasteiger partial charge is 0.378 e. The monoisotopic (exact) mass is 352 g/mol. The van der Waals surface area contributed by atoms with Crippen LogP contribution >= 0.6 is 0 Å². The van der Waals surface area contributed by atoms with Crippen molar-refractivity contribution in [1.82, 2.24) is 20.3 Å². The van der Waals surface area contributed by atoms with Gasteiger partial charge in [-0.1, -0.05) is 35.5 Å². The van der Waals surface area contributed by atoms with Gasteiger partial charge < -0.3 is 10.6 Å². The Morgan fingerprint density at radius 2 is 1.81 bits per heavy atom. The van der Waals surface area contributed by atoms with Gasteiger partial charge in [0.1, 0.15) is 5.69 Å². The standard InChI is InChI=1S/C17H16N6O3/c24-17(15-12-22(21-20-15)13-6-2-1-3-7-13)19-11-10-18-14-8-4-5-9-16(14)23(25)26/h1-9,12,18H,10-11H2,(H,19,24). The van der Waals surface area contributed by atoms with Crippen LogP contribution in [0.5, 0.6) is 0 Å². The Hall–Kier alpha value is -3.75. The molecule has 2 aromatic carbocycles. The maximum Gasteiger partial charge on any atom is 0.292 e. The summed E-state index contributed by atoms with van der Waals surface area (Å²) in [7, 11) is 0. The Bertz CT molecular complexity index is 910. The van der Waals surface area contributed by atoms with Gasteiger partial charge in [-0.3, -0.25) is 14.9 Å². The molecule has 0 spiro atoms. The molecule has 0 unspecified atom stereocenters. The van der Waals surface area contributed by atoms with E-state index in [2.05, 4.69) is 20.9 Å². The molecular weight excluding hydrogens is 336 g/mol. The fraction of sp³-hybridized carbons (Fsp3) is 0.118. The van der Waals surface area contributed by atoms with Crippen LogP contribution in [0.15, 0.2) is 60.8 Å². The van der Waals surface area contributed by atoms with Gasteiger partial charge in [0, 0.05) is 19.2 Å². The molecule has 0 bridgehead atoms. The van der Waals surface area contributed by atoms with E-state index in [1.807, 2.05) is 30.3 Å². The van der Waals surface area contributed by atoms with Crippen LogP contribution in [0.25, 0.3) is 5.69 Å². The minimum atomic E-state index is -0.456. The summed E-state index contributed by atoms with van der Waals surface area (Å²) in [6, 6.07) is 15.7. The van der Waals surface area contributed by atoms with Crippen LogP contribution in [0.3, 0.4) is 0 Å². The van der Waals surface area contributed by atoms with Crippen LogP contribution < -0.4 is 10.6 Å². The maximum atomic E-state index is 12.1. The van der Waals surface area contributed by atoms with E-state index in [4.69, 9.17) is 0 Å². The van der Waals surface area contributed by atoms with Crippen molar-refractivity contribution in [3.8, 4) is 5.69 Å². The number of nitrogens with zero attached hydrogens (tertiary/aromatic N) is 4. The Morgan fingerprint density at radius 3 is 2.58 bits per heavy atom. The quantitative estimate of drug-likeness (QED) is 0.382. The first-order valence-corrected chi connectivity index (χ1v) is 7.88. The molecule has 3 aromatic rings. The van der Waals surface area contributed by atoms with E-state index in [0.29, 0.717) is 12.2 Å². The number of nitrogens with one attached hydrogen (secondary N) is 2. The molecule has 0 aliphatic carbocycles. The number of carbonyl (C=O) groups is 1. The van der Waals surface area contributed by atoms with Crippen LogP contribution in [-0.4, -0.2) is 38.9 Å². The zero-order valence-corrected chi connectivity index (χ0v) is 13.7. The van der Waals surface area contributed by atoms with E-state index in [1.165, 1.54) is 10.7 Å². The third kappa shape index (κ3) is 4.01. The highest BCUT2D eigenvalue weighted by Gasteiger charge is 2.13. The number of amides is 1. The van der Waals surface area contributed by atoms with E-state index < -0.39 is 4.92 Å². The van der Waals surface area contributed by atoms with Crippen molar-refractivity contribution in [2.75, 3.05) is 18.4 Å². The van der Waals surface area contributed by atoms with Gasteiger partial charge in [0.2, 0.25) is 0 Å². The number of rotatable bonds is 7. The fourth-order valence-corrected chi connectivity index (χ4v) is 2.32. The Labute approximate surface area is 148 Å². The van der Waals surface area contributed by atoms with Gasteiger partial charge in [-0.25, -0.2) is 4.68 Å². The molecule has 0 fully saturated rings. The normalized spacial score (nSPS) is 10.3. The SMILES string of the molecule is O=C(NCCNc1ccccc1[N+](=O)[O-])c1cn(-c2ccccc2)nn1. The molecule has 0 aliphatic rings. The lowest BCUT2D eigenvalue weighted by Gasteiger charge is -2.07. The first-order valence-electron chi connectivity index (χ1n) is 7.88. The molecule has 9 nitrogen and oxygen atoms in total. The highest BCUT2D eigenvalue weighted by Crippen LogP contribution is 2.22. The lowest BCUT2D eigenvalue weighted by atomic mass is 10.2. The Balaban J connectivity index is 1.52. The van der Waals surface area contributed by atoms with E-state index in [0.717, 1.165) is 5.69 Å². The molecule has 0 saturated carbocycles. The van der Waals surface area contributed by atoms with Crippen LogP contribution in [0.2, 0.25) is 0 Å². The molecular formula is C17H16N6O3. The van der Waals surface area contributed by atoms with Crippen molar-refractivity contribution < 1.29 is 9.72 Å². The van der Waals surface area contributed by atoms with Crippen LogP contribution in [0.1, 0.15) is 10.5 Å². The average molecular weight is 352 g/mol. The summed E-state index contributed by atoms with van der Waals surface area (Å²) >= 11 is 0. The lowest BCUT2D eigenvalue weighted by molar-refractivity contribution is -0.384. The number of carbonyl (C=O) groups excluding carboxylic acids is 1. The first-order chi connectivity index (χ1) is 12.6. The van der Waals surface area contributed by atoms with E-state index in [9.17, 15) is 14.9 Å². The second kappa shape index (κ2) is 7.88. The van der Waals surface area contributed by atoms with Crippen molar-refractivity contribution in [2.24, 2.45) is 0 Å². The molecule has 0 saturated heterocycles. The molecule has 9 heteroatoms. The zero-order valence-electron chi connectivity index (χ0n) is 13.7. The number of nitro groups is 1. The predicted octanol–water partition coefficient (Wildman–Crippen LogP) is 2.02. The molecule has 26 heavy (non-hydrogen) atoms. The van der Waals surface area contributed by atoms with Crippen molar-refractivity contribution >= 4 is 17.3 Å². The van der Waals surface area contributed by atoms with Gasteiger partial charge in [0.25, 0.3) is 11.6 Å². The fourth-order valence-electron chi connectivity index (χ4n) is 2.32. The number of nitro benzene ring substituents is 1. The van der Waals surface area contributed by atoms with Crippen molar-refractivity contribution in [3.63, 3.8) is 0 Å². The number of benzene rings is 2. The Kier molecular flexibility index (Phi) is 5.18. The summed E-state index contributed by atoms with van der Waals surface area (Å²) in [5, 5.41) is 24.4. The average Bonchev–Trinajstić information content (AvgIpc) is 3.16. The number of aromatic nitrogens is 3. The minimum Gasteiger partial charge on any atom is -0.378 e. The van der Waals surface area contributed by atoms with E-state index in [-0.39, 0.29) is 23.8 Å². The molecule has 0 atom stereocenters. The van der Waals surface area contributed by atoms with Crippen molar-refractivity contribution in [3.05, 3.63) is 76.6 Å². The van der Waals surface area contributed by atoms with Crippen LogP contribution in [0.4, 0.5) is 11.4 Å². The van der Waals surface area contributed by atoms with Crippen molar-refractivity contribution in [2.45, 2.75) is 0 Å². The summed E-state index contributed by atoms with van der Waals surface area (Å²) in [4.78, 5) is 22.6. The summed E-state index contributed by atoms with van der Waals surface area (Å²) in [5.41, 5.74) is 1.39. The van der Waals surface area contributed by atoms with Gasteiger partial charge in [-0.05, 0) is 18.2 Å². The molecule has 2 N–H and O–H groups in total. The molecule has 1 heterocycles. The molecule has 132 valence electrons. The molecule has 0 aliphatic heterocycles. The van der Waals surface area contributed by atoms with Crippen molar-refractivity contribution in [1.29, 1.82) is 0 Å². The molecule has 1 amide bonds. The number of anilines is 1.